The number of carbonyl (C=O) groups is 2. The van der Waals surface area contributed by atoms with E-state index in [0.29, 0.717) is 34.7 Å². The molecule has 20 bridgehead atoms. The molecule has 0 aromatic heterocycles. The molecule has 21 heterocycles. The van der Waals surface area contributed by atoms with Crippen LogP contribution in [0.2, 0.25) is 0 Å². The van der Waals surface area contributed by atoms with Crippen molar-refractivity contribution in [3.63, 3.8) is 0 Å². The highest BCUT2D eigenvalue weighted by atomic mass is 32.2. The number of thioether (sulfide) groups is 2. The van der Waals surface area contributed by atoms with Crippen molar-refractivity contribution >= 4 is 34.0 Å². The molecule has 0 saturated carbocycles. The Kier molecular flexibility index (Phi) is 25.2. The number of fused-ring (bicyclic) bond motifs is 6. The number of hydrogen-bond acceptors (Lipinski definition) is 37. The molecule has 23 rings (SSSR count). The SMILES string of the molecule is O=C1NCc2ccc(cc2)-c2ccc(cc2)CNC(=O)SCC2O[C@@H]3O[C@@H]4C(CO)O[C@H](O[C@@H]5C(CO)O[C@H](O[C@@H]6C(CO)O[C@H](O[C@@H]7C(CS1)O[C@H](O[C@@H]1C(CO)O[C@H](O[C@@H]8C(CO)O[C@H](O[C@H]2C(O)C3O)C(O)C8O)C(O)C1O)C(O)C7O)C(O)C6O)C(O)C5O)C(O)C4O. The van der Waals surface area contributed by atoms with Crippen molar-refractivity contribution in [1.82, 2.24) is 10.6 Å². The summed E-state index contributed by atoms with van der Waals surface area (Å²) < 4.78 is 83.0. The third kappa shape index (κ3) is 16.0. The molecule has 21 aliphatic rings. The van der Waals surface area contributed by atoms with Crippen molar-refractivity contribution in [2.24, 2.45) is 0 Å². The van der Waals surface area contributed by atoms with Crippen LogP contribution < -0.4 is 10.6 Å². The standard InChI is InChI=1S/C58H82N2O35S2/c61-11-22-43-29(66)36(73)50(82-22)90-44-23(12-62)85-53(39(76)32(44)69)94-48-27-16-96-57(80)59-9-18-1-5-20(6-2-18)21-7-3-19(4-8-21)10-60-58(81)97-17-28-49(34(71)41(78)55(87-28)92-46-25(14-64)83-51(89-43)37(74)30(46)67)95-54-40(77)33(70)45(24(13-63)86-54)91-52-38(75)31(68)47(26(15-65)84-52)93-56(88-27)42(79)35(48)72/h1-8,22-56,61-79H,9-17H2,(H,59,80)(H,60,81)/t22?,23?,24?,25?,26?,27?,28?,29?,30?,31?,32?,33?,34?,35?,36?,37?,38?,39?,40?,41?,42?,43-,44-,45-,46-,47-,48-,49-,50-,51-,52-,53-,54-,55-,56-/m1/s1. The molecule has 21 aliphatic heterocycles. The van der Waals surface area contributed by atoms with Gasteiger partial charge in [-0.2, -0.15) is 0 Å². The predicted octanol–water partition coefficient (Wildman–Crippen LogP) is -9.95. The van der Waals surface area contributed by atoms with Gasteiger partial charge in [0.05, 0.1) is 45.2 Å². The van der Waals surface area contributed by atoms with E-state index in [0.717, 1.165) is 11.1 Å². The van der Waals surface area contributed by atoms with Gasteiger partial charge in [0.2, 0.25) is 0 Å². The molecule has 21 unspecified atom stereocenters. The van der Waals surface area contributed by atoms with Gasteiger partial charge in [-0.1, -0.05) is 72.1 Å². The lowest BCUT2D eigenvalue weighted by atomic mass is 9.95. The van der Waals surface area contributed by atoms with Crippen LogP contribution in [0, 0.1) is 0 Å². The van der Waals surface area contributed by atoms with E-state index in [1.54, 1.807) is 48.5 Å². The number of rotatable bonds is 5. The van der Waals surface area contributed by atoms with E-state index in [9.17, 15) is 107 Å². The Morgan fingerprint density at radius 3 is 0.722 bits per heavy atom. The zero-order valence-corrected chi connectivity index (χ0v) is 52.7. The molecule has 2 aromatic carbocycles. The summed E-state index contributed by atoms with van der Waals surface area (Å²) >= 11 is 1.12. The van der Waals surface area contributed by atoms with Gasteiger partial charge in [0, 0.05) is 24.6 Å². The van der Waals surface area contributed by atoms with Crippen molar-refractivity contribution in [3.05, 3.63) is 59.7 Å². The summed E-state index contributed by atoms with van der Waals surface area (Å²) in [5.74, 6) is -1.01. The molecule has 15 saturated heterocycles. The Hall–Kier alpha value is -3.24. The van der Waals surface area contributed by atoms with Crippen LogP contribution in [-0.4, -0.2) is 367 Å². The molecule has 0 radical (unpaired) electrons. The molecule has 15 fully saturated rings. The number of benzene rings is 2. The second-order valence-electron chi connectivity index (χ2n) is 24.6. The van der Waals surface area contributed by atoms with Gasteiger partial charge in [-0.05, 0) is 22.3 Å². The minimum atomic E-state index is -2.25. The van der Waals surface area contributed by atoms with Crippen molar-refractivity contribution in [2.45, 2.75) is 228 Å². The minimum absolute atomic E-state index is 0.0275. The number of nitrogens with one attached hydrogen (secondary N) is 2. The van der Waals surface area contributed by atoms with Crippen molar-refractivity contribution in [3.8, 4) is 11.1 Å². The third-order valence-electron chi connectivity index (χ3n) is 18.3. The number of aliphatic hydroxyl groups is 19. The van der Waals surface area contributed by atoms with Crippen LogP contribution in [0.1, 0.15) is 11.1 Å². The maximum atomic E-state index is 13.7. The first-order valence-corrected chi connectivity index (χ1v) is 33.2. The average Bonchev–Trinajstić information content (AvgIpc) is 0.844. The van der Waals surface area contributed by atoms with Crippen LogP contribution >= 0.6 is 23.5 Å². The lowest BCUT2D eigenvalue weighted by Crippen LogP contribution is -2.68. The van der Waals surface area contributed by atoms with Gasteiger partial charge in [0.25, 0.3) is 10.5 Å². The van der Waals surface area contributed by atoms with E-state index >= 15 is 0 Å². The van der Waals surface area contributed by atoms with Gasteiger partial charge in [-0.25, -0.2) is 0 Å². The van der Waals surface area contributed by atoms with E-state index < -0.39 is 270 Å². The van der Waals surface area contributed by atoms with Crippen LogP contribution in [0.3, 0.4) is 0 Å². The molecule has 21 N–H and O–H groups in total. The second kappa shape index (κ2) is 32.6. The molecule has 35 atom stereocenters. The zero-order chi connectivity index (χ0) is 69.4. The fourth-order valence-electron chi connectivity index (χ4n) is 12.8. The Balaban J connectivity index is 0.959. The zero-order valence-electron chi connectivity index (χ0n) is 51.0. The topological polar surface area (TPSA) is 572 Å². The normalized spacial score (nSPS) is 47.6. The average molecular weight is 1430 g/mol. The Morgan fingerprint density at radius 2 is 0.495 bits per heavy atom. The quantitative estimate of drug-likeness (QED) is 0.132. The Bertz CT molecular complexity index is 2850. The van der Waals surface area contributed by atoms with Crippen molar-refractivity contribution in [1.29, 1.82) is 0 Å². The molecular weight excluding hydrogens is 1350 g/mol. The summed E-state index contributed by atoms with van der Waals surface area (Å²) in [6.45, 7) is -5.42. The molecular formula is C58H82N2O35S2. The lowest BCUT2D eigenvalue weighted by molar-refractivity contribution is -0.395. The molecule has 37 nitrogen and oxygen atoms in total. The summed E-state index contributed by atoms with van der Waals surface area (Å²) in [6, 6.07) is 14.1. The maximum absolute atomic E-state index is 13.7. The van der Waals surface area contributed by atoms with Gasteiger partial charge in [-0.3, -0.25) is 9.59 Å². The van der Waals surface area contributed by atoms with Gasteiger partial charge < -0.3 is 174 Å². The van der Waals surface area contributed by atoms with Crippen molar-refractivity contribution in [2.75, 3.05) is 44.5 Å². The summed E-state index contributed by atoms with van der Waals surface area (Å²) in [5.41, 5.74) is 2.80. The summed E-state index contributed by atoms with van der Waals surface area (Å²) in [6.07, 6.45) is -71.4. The maximum Gasteiger partial charge on any atom is 0.279 e. The molecule has 0 spiro atoms. The second-order valence-corrected chi connectivity index (χ2v) is 26.6. The van der Waals surface area contributed by atoms with Crippen LogP contribution in [0.4, 0.5) is 9.59 Å². The minimum Gasteiger partial charge on any atom is -0.394 e. The van der Waals surface area contributed by atoms with E-state index in [-0.39, 0.29) is 13.1 Å². The first-order chi connectivity index (χ1) is 46.4. The number of ether oxygens (including phenoxy) is 14. The van der Waals surface area contributed by atoms with Crippen LogP contribution in [0.5, 0.6) is 0 Å². The first-order valence-electron chi connectivity index (χ1n) is 31.2. The molecule has 0 aliphatic carbocycles. The van der Waals surface area contributed by atoms with Gasteiger partial charge in [0.1, 0.15) is 159 Å². The molecule has 2 amide bonds. The summed E-state index contributed by atoms with van der Waals surface area (Å²) in [5, 5.41) is 221. The van der Waals surface area contributed by atoms with Gasteiger partial charge in [0.15, 0.2) is 44.0 Å². The molecule has 39 heteroatoms. The van der Waals surface area contributed by atoms with E-state index in [4.69, 9.17) is 66.3 Å². The van der Waals surface area contributed by atoms with E-state index in [1.807, 2.05) is 0 Å². The van der Waals surface area contributed by atoms with Crippen LogP contribution in [0.25, 0.3) is 11.1 Å². The van der Waals surface area contributed by atoms with E-state index in [1.165, 1.54) is 0 Å². The lowest BCUT2D eigenvalue weighted by Gasteiger charge is -2.50. The summed E-state index contributed by atoms with van der Waals surface area (Å²) in [7, 11) is 0. The highest BCUT2D eigenvalue weighted by Gasteiger charge is 2.60. The number of amides is 2. The Labute approximate surface area is 559 Å². The monoisotopic (exact) mass is 1430 g/mol. The van der Waals surface area contributed by atoms with E-state index in [2.05, 4.69) is 10.6 Å². The van der Waals surface area contributed by atoms with Gasteiger partial charge >= 0.3 is 0 Å². The Morgan fingerprint density at radius 1 is 0.289 bits per heavy atom. The van der Waals surface area contributed by atoms with Crippen LogP contribution in [0.15, 0.2) is 48.5 Å². The highest BCUT2D eigenvalue weighted by molar-refractivity contribution is 8.13. The predicted molar refractivity (Wildman–Crippen MR) is 316 cm³/mol. The third-order valence-corrected chi connectivity index (χ3v) is 20.1. The molecule has 2 aromatic rings. The number of carbonyl (C=O) groups excluding carboxylic acids is 2. The van der Waals surface area contributed by atoms with Crippen LogP contribution in [-0.2, 0) is 79.4 Å². The molecule has 546 valence electrons. The molecule has 97 heavy (non-hydrogen) atoms. The fraction of sp³-hybridized carbons (Fsp3) is 0.759. The summed E-state index contributed by atoms with van der Waals surface area (Å²) in [4.78, 5) is 27.3. The first kappa shape index (κ1) is 74.9. The number of hydrogen-bond donors (Lipinski definition) is 21. The highest BCUT2D eigenvalue weighted by Crippen LogP contribution is 2.40. The van der Waals surface area contributed by atoms with Crippen molar-refractivity contribution < 1.29 is 173 Å². The largest absolute Gasteiger partial charge is 0.394 e. The van der Waals surface area contributed by atoms with Gasteiger partial charge in [-0.15, -0.1) is 0 Å². The fourth-order valence-corrected chi connectivity index (χ4v) is 14.3. The number of aliphatic hydroxyl groups excluding tert-OH is 19. The smallest absolute Gasteiger partial charge is 0.279 e.